The Morgan fingerprint density at radius 2 is 1.96 bits per heavy atom. The van der Waals surface area contributed by atoms with Crippen LogP contribution in [-0.4, -0.2) is 41.7 Å². The second kappa shape index (κ2) is 9.04. The Bertz CT molecular complexity index is 469. The Labute approximate surface area is 139 Å². The number of aliphatic hydroxyl groups is 1. The van der Waals surface area contributed by atoms with Gasteiger partial charge in [0.15, 0.2) is 0 Å². The third-order valence-corrected chi connectivity index (χ3v) is 4.65. The van der Waals surface area contributed by atoms with Crippen molar-refractivity contribution in [1.29, 1.82) is 0 Å². The lowest BCUT2D eigenvalue weighted by Crippen LogP contribution is -2.44. The van der Waals surface area contributed by atoms with E-state index in [2.05, 4.69) is 6.92 Å². The molecular weight excluding hydrogens is 290 g/mol. The molecule has 0 saturated carbocycles. The fourth-order valence-corrected chi connectivity index (χ4v) is 3.09. The van der Waals surface area contributed by atoms with Crippen LogP contribution in [0.5, 0.6) is 0 Å². The van der Waals surface area contributed by atoms with E-state index in [-0.39, 0.29) is 17.9 Å². The van der Waals surface area contributed by atoms with Crippen LogP contribution in [0.2, 0.25) is 0 Å². The van der Waals surface area contributed by atoms with Gasteiger partial charge in [0.25, 0.3) is 5.91 Å². The number of amides is 1. The minimum Gasteiger partial charge on any atom is -0.388 e. The third kappa shape index (κ3) is 5.05. The molecule has 1 aromatic carbocycles. The second-order valence-corrected chi connectivity index (χ2v) is 6.38. The molecule has 1 saturated heterocycles. The van der Waals surface area contributed by atoms with Crippen molar-refractivity contribution in [2.24, 2.45) is 5.92 Å². The van der Waals surface area contributed by atoms with Gasteiger partial charge in [0.2, 0.25) is 0 Å². The van der Waals surface area contributed by atoms with Crippen molar-refractivity contribution < 1.29 is 14.6 Å². The van der Waals surface area contributed by atoms with Crippen LogP contribution < -0.4 is 0 Å². The van der Waals surface area contributed by atoms with Crippen LogP contribution in [0, 0.1) is 5.92 Å². The maximum atomic E-state index is 12.4. The zero-order chi connectivity index (χ0) is 16.7. The first-order chi connectivity index (χ1) is 11.1. The van der Waals surface area contributed by atoms with E-state index in [1.165, 1.54) is 0 Å². The summed E-state index contributed by atoms with van der Waals surface area (Å²) in [5.74, 6) is 0.298. The number of hydrogen-bond acceptors (Lipinski definition) is 3. The summed E-state index contributed by atoms with van der Waals surface area (Å²) in [6.45, 7) is 6.00. The van der Waals surface area contributed by atoms with Crippen LogP contribution >= 0.6 is 0 Å². The molecule has 1 aliphatic rings. The summed E-state index contributed by atoms with van der Waals surface area (Å²) in [6, 6.07) is 9.79. The first kappa shape index (κ1) is 18.0. The smallest absolute Gasteiger partial charge is 0.251 e. The molecule has 1 N–H and O–H groups in total. The quantitative estimate of drug-likeness (QED) is 0.785. The zero-order valence-corrected chi connectivity index (χ0v) is 14.3. The van der Waals surface area contributed by atoms with Gasteiger partial charge in [-0.05, 0) is 37.7 Å². The first-order valence-corrected chi connectivity index (χ1v) is 8.77. The maximum absolute atomic E-state index is 12.4. The van der Waals surface area contributed by atoms with Crippen molar-refractivity contribution in [3.05, 3.63) is 35.9 Å². The molecule has 1 aromatic rings. The molecule has 0 bridgehead atoms. The highest BCUT2D eigenvalue weighted by molar-refractivity contribution is 5.80. The molecule has 1 aliphatic heterocycles. The number of hydrogen-bond donors (Lipinski definition) is 1. The molecule has 0 spiro atoms. The number of unbranched alkanes of at least 4 members (excludes halogenated alkanes) is 1. The molecule has 1 fully saturated rings. The van der Waals surface area contributed by atoms with Crippen LogP contribution in [0.3, 0.4) is 0 Å². The number of nitrogens with zero attached hydrogens (tertiary/aromatic N) is 1. The molecule has 2 unspecified atom stereocenters. The Morgan fingerprint density at radius 3 is 2.57 bits per heavy atom. The standard InChI is InChI=1S/C19H29NO3/c1-3-4-14-23-15(2)19(22)20-12-10-17(11-13-20)18(21)16-8-6-5-7-9-16/h5-9,15,17-18,21H,3-4,10-14H2,1-2H3. The normalized spacial score (nSPS) is 18.7. The van der Waals surface area contributed by atoms with Gasteiger partial charge in [0.05, 0.1) is 6.10 Å². The molecule has 128 valence electrons. The molecule has 1 amide bonds. The Hall–Kier alpha value is -1.39. The number of ether oxygens (including phenoxy) is 1. The van der Waals surface area contributed by atoms with Crippen molar-refractivity contribution >= 4 is 5.91 Å². The number of benzene rings is 1. The van der Waals surface area contributed by atoms with Gasteiger partial charge in [-0.25, -0.2) is 0 Å². The van der Waals surface area contributed by atoms with Crippen molar-refractivity contribution in [2.45, 2.75) is 51.7 Å². The van der Waals surface area contributed by atoms with E-state index >= 15 is 0 Å². The Kier molecular flexibility index (Phi) is 7.06. The highest BCUT2D eigenvalue weighted by Crippen LogP contribution is 2.30. The lowest BCUT2D eigenvalue weighted by Gasteiger charge is -2.35. The number of carbonyl (C=O) groups is 1. The van der Waals surface area contributed by atoms with Crippen molar-refractivity contribution in [2.75, 3.05) is 19.7 Å². The Balaban J connectivity index is 1.80. The van der Waals surface area contributed by atoms with E-state index in [0.29, 0.717) is 19.7 Å². The average molecular weight is 319 g/mol. The van der Waals surface area contributed by atoms with E-state index in [9.17, 15) is 9.90 Å². The van der Waals surface area contributed by atoms with Crippen molar-refractivity contribution in [3.63, 3.8) is 0 Å². The van der Waals surface area contributed by atoms with Gasteiger partial charge >= 0.3 is 0 Å². The lowest BCUT2D eigenvalue weighted by molar-refractivity contribution is -0.144. The van der Waals surface area contributed by atoms with Gasteiger partial charge in [-0.2, -0.15) is 0 Å². The molecule has 23 heavy (non-hydrogen) atoms. The number of carbonyl (C=O) groups excluding carboxylic acids is 1. The highest BCUT2D eigenvalue weighted by Gasteiger charge is 2.30. The number of aliphatic hydroxyl groups excluding tert-OH is 1. The SMILES string of the molecule is CCCCOC(C)C(=O)N1CCC(C(O)c2ccccc2)CC1. The van der Waals surface area contributed by atoms with E-state index < -0.39 is 6.10 Å². The molecular formula is C19H29NO3. The Morgan fingerprint density at radius 1 is 1.30 bits per heavy atom. The predicted molar refractivity (Wildman–Crippen MR) is 91.0 cm³/mol. The fourth-order valence-electron chi connectivity index (χ4n) is 3.09. The van der Waals surface area contributed by atoms with Crippen molar-refractivity contribution in [3.8, 4) is 0 Å². The van der Waals surface area contributed by atoms with Crippen LogP contribution in [0.1, 0.15) is 51.2 Å². The van der Waals surface area contributed by atoms with E-state index in [0.717, 1.165) is 31.2 Å². The summed E-state index contributed by atoms with van der Waals surface area (Å²) in [6.07, 6.45) is 2.93. The minimum absolute atomic E-state index is 0.0775. The zero-order valence-electron chi connectivity index (χ0n) is 14.3. The van der Waals surface area contributed by atoms with Gasteiger partial charge in [0.1, 0.15) is 6.10 Å². The number of piperidine rings is 1. The molecule has 2 atom stereocenters. The van der Waals surface area contributed by atoms with Crippen LogP contribution in [0.4, 0.5) is 0 Å². The molecule has 4 nitrogen and oxygen atoms in total. The molecule has 0 aromatic heterocycles. The monoisotopic (exact) mass is 319 g/mol. The van der Waals surface area contributed by atoms with Gasteiger partial charge in [-0.1, -0.05) is 43.7 Å². The number of rotatable bonds is 7. The first-order valence-electron chi connectivity index (χ1n) is 8.77. The van der Waals surface area contributed by atoms with Crippen LogP contribution in [0.25, 0.3) is 0 Å². The molecule has 1 heterocycles. The summed E-state index contributed by atoms with van der Waals surface area (Å²) in [5, 5.41) is 10.5. The van der Waals surface area contributed by atoms with Gasteiger partial charge in [-0.3, -0.25) is 4.79 Å². The molecule has 2 rings (SSSR count). The van der Waals surface area contributed by atoms with E-state index in [1.54, 1.807) is 0 Å². The molecule has 0 radical (unpaired) electrons. The summed E-state index contributed by atoms with van der Waals surface area (Å²) >= 11 is 0. The molecule has 0 aliphatic carbocycles. The summed E-state index contributed by atoms with van der Waals surface area (Å²) < 4.78 is 5.60. The van der Waals surface area contributed by atoms with Gasteiger partial charge in [0, 0.05) is 19.7 Å². The second-order valence-electron chi connectivity index (χ2n) is 6.38. The largest absolute Gasteiger partial charge is 0.388 e. The molecule has 4 heteroatoms. The van der Waals surface area contributed by atoms with E-state index in [4.69, 9.17) is 4.74 Å². The lowest BCUT2D eigenvalue weighted by atomic mass is 9.87. The van der Waals surface area contributed by atoms with E-state index in [1.807, 2.05) is 42.2 Å². The summed E-state index contributed by atoms with van der Waals surface area (Å²) in [5.41, 5.74) is 0.966. The third-order valence-electron chi connectivity index (χ3n) is 4.65. The average Bonchev–Trinajstić information content (AvgIpc) is 2.61. The van der Waals surface area contributed by atoms with Gasteiger partial charge < -0.3 is 14.7 Å². The summed E-state index contributed by atoms with van der Waals surface area (Å²) in [4.78, 5) is 14.3. The highest BCUT2D eigenvalue weighted by atomic mass is 16.5. The van der Waals surface area contributed by atoms with Crippen LogP contribution in [0.15, 0.2) is 30.3 Å². The summed E-state index contributed by atoms with van der Waals surface area (Å²) in [7, 11) is 0. The topological polar surface area (TPSA) is 49.8 Å². The minimum atomic E-state index is -0.438. The predicted octanol–water partition coefficient (Wildman–Crippen LogP) is 3.16. The van der Waals surface area contributed by atoms with Crippen molar-refractivity contribution in [1.82, 2.24) is 4.90 Å². The maximum Gasteiger partial charge on any atom is 0.251 e. The number of likely N-dealkylation sites (tertiary alicyclic amines) is 1. The van der Waals surface area contributed by atoms with Gasteiger partial charge in [-0.15, -0.1) is 0 Å². The fraction of sp³-hybridized carbons (Fsp3) is 0.632. The van der Waals surface area contributed by atoms with Crippen LogP contribution in [-0.2, 0) is 9.53 Å².